The zero-order chi connectivity index (χ0) is 18.3. The van der Waals surface area contributed by atoms with Crippen LogP contribution in [0.3, 0.4) is 0 Å². The molecule has 2 N–H and O–H groups in total. The van der Waals surface area contributed by atoms with E-state index in [0.717, 1.165) is 24.3 Å². The van der Waals surface area contributed by atoms with E-state index < -0.39 is 48.4 Å². The number of ether oxygens (including phenoxy) is 3. The zero-order valence-electron chi connectivity index (χ0n) is 13.7. The summed E-state index contributed by atoms with van der Waals surface area (Å²) in [6.45, 7) is 4.41. The van der Waals surface area contributed by atoms with Gasteiger partial charge in [0.1, 0.15) is 30.5 Å². The molecule has 0 aromatic heterocycles. The molecule has 134 valence electrons. The fraction of sp³-hybridized carbons (Fsp3) is 0.562. The number of carbonyl (C=O) groups excluding carboxylic acids is 3. The van der Waals surface area contributed by atoms with Gasteiger partial charge in [0, 0.05) is 12.2 Å². The van der Waals surface area contributed by atoms with E-state index in [2.05, 4.69) is 0 Å². The van der Waals surface area contributed by atoms with Gasteiger partial charge in [-0.15, -0.1) is 0 Å². The number of cyclic esters (lactones) is 3. The third-order valence-corrected chi connectivity index (χ3v) is 3.21. The lowest BCUT2D eigenvalue weighted by molar-refractivity contribution is -0.157. The molecule has 0 aliphatic carbocycles. The summed E-state index contributed by atoms with van der Waals surface area (Å²) >= 11 is 0. The molecule has 0 aromatic rings. The van der Waals surface area contributed by atoms with Gasteiger partial charge in [-0.25, -0.2) is 9.59 Å². The van der Waals surface area contributed by atoms with Crippen LogP contribution in [0, 0.1) is 0 Å². The summed E-state index contributed by atoms with van der Waals surface area (Å²) in [5.41, 5.74) is 0. The van der Waals surface area contributed by atoms with Gasteiger partial charge in [-0.05, 0) is 32.9 Å². The summed E-state index contributed by atoms with van der Waals surface area (Å²) in [5, 5.41) is 19.6. The van der Waals surface area contributed by atoms with Crippen LogP contribution in [0.2, 0.25) is 0 Å². The molecule has 8 heteroatoms. The maximum absolute atomic E-state index is 11.7. The van der Waals surface area contributed by atoms with E-state index in [-0.39, 0.29) is 6.42 Å². The Balaban J connectivity index is 2.91. The second kappa shape index (κ2) is 9.19. The number of esters is 3. The summed E-state index contributed by atoms with van der Waals surface area (Å²) in [4.78, 5) is 34.9. The van der Waals surface area contributed by atoms with Crippen molar-refractivity contribution >= 4 is 17.9 Å². The van der Waals surface area contributed by atoms with Crippen LogP contribution in [0.4, 0.5) is 0 Å². The second-order valence-corrected chi connectivity index (χ2v) is 5.49. The van der Waals surface area contributed by atoms with Crippen LogP contribution < -0.4 is 0 Å². The molecule has 5 atom stereocenters. The van der Waals surface area contributed by atoms with Gasteiger partial charge in [-0.3, -0.25) is 4.79 Å². The van der Waals surface area contributed by atoms with Crippen molar-refractivity contribution in [2.75, 3.05) is 0 Å². The van der Waals surface area contributed by atoms with E-state index in [1.54, 1.807) is 0 Å². The lowest BCUT2D eigenvalue weighted by Gasteiger charge is -2.19. The van der Waals surface area contributed by atoms with Crippen LogP contribution in [0.25, 0.3) is 0 Å². The molecule has 8 nitrogen and oxygen atoms in total. The van der Waals surface area contributed by atoms with Crippen molar-refractivity contribution in [3.63, 3.8) is 0 Å². The molecule has 1 aliphatic heterocycles. The first kappa shape index (κ1) is 19.9. The fourth-order valence-corrected chi connectivity index (χ4v) is 1.80. The van der Waals surface area contributed by atoms with Crippen molar-refractivity contribution < 1.29 is 38.8 Å². The topological polar surface area (TPSA) is 119 Å². The van der Waals surface area contributed by atoms with E-state index in [0.29, 0.717) is 0 Å². The van der Waals surface area contributed by atoms with Crippen LogP contribution in [-0.4, -0.2) is 58.6 Å². The van der Waals surface area contributed by atoms with Crippen LogP contribution in [0.5, 0.6) is 0 Å². The molecule has 0 radical (unpaired) electrons. The lowest BCUT2D eigenvalue weighted by Crippen LogP contribution is -2.30. The lowest BCUT2D eigenvalue weighted by atomic mass is 10.2. The number of aliphatic hydroxyl groups excluding tert-OH is 2. The van der Waals surface area contributed by atoms with Crippen LogP contribution >= 0.6 is 0 Å². The molecule has 0 aromatic carbocycles. The van der Waals surface area contributed by atoms with E-state index in [1.807, 2.05) is 0 Å². The summed E-state index contributed by atoms with van der Waals surface area (Å²) in [6.07, 6.45) is -0.961. The highest BCUT2D eigenvalue weighted by Crippen LogP contribution is 2.08. The summed E-state index contributed by atoms with van der Waals surface area (Å²) < 4.78 is 14.9. The summed E-state index contributed by atoms with van der Waals surface area (Å²) in [7, 11) is 0. The Morgan fingerprint density at radius 2 is 1.29 bits per heavy atom. The van der Waals surface area contributed by atoms with Crippen molar-refractivity contribution in [3.8, 4) is 0 Å². The fourth-order valence-electron chi connectivity index (χ4n) is 1.80. The number of hydrogen-bond donors (Lipinski definition) is 2. The first-order valence-electron chi connectivity index (χ1n) is 7.52. The van der Waals surface area contributed by atoms with Crippen LogP contribution in [0.1, 0.15) is 27.2 Å². The summed E-state index contributed by atoms with van der Waals surface area (Å²) in [6, 6.07) is 0. The molecular weight excluding hydrogens is 320 g/mol. The smallest absolute Gasteiger partial charge is 0.330 e. The second-order valence-electron chi connectivity index (χ2n) is 5.49. The Hall–Kier alpha value is -2.19. The average Bonchev–Trinajstić information content (AvgIpc) is 2.48. The Bertz CT molecular complexity index is 524. The average molecular weight is 342 g/mol. The largest absolute Gasteiger partial charge is 0.459 e. The molecule has 0 saturated carbocycles. The predicted molar refractivity (Wildman–Crippen MR) is 81.6 cm³/mol. The monoisotopic (exact) mass is 342 g/mol. The van der Waals surface area contributed by atoms with Crippen molar-refractivity contribution in [2.24, 2.45) is 0 Å². The third-order valence-electron chi connectivity index (χ3n) is 3.21. The van der Waals surface area contributed by atoms with Gasteiger partial charge in [-0.2, -0.15) is 0 Å². The van der Waals surface area contributed by atoms with Gasteiger partial charge in [0.15, 0.2) is 0 Å². The van der Waals surface area contributed by atoms with Crippen LogP contribution in [0.15, 0.2) is 24.3 Å². The minimum atomic E-state index is -1.22. The van der Waals surface area contributed by atoms with E-state index in [4.69, 9.17) is 14.2 Å². The van der Waals surface area contributed by atoms with Crippen molar-refractivity contribution in [2.45, 2.75) is 57.7 Å². The summed E-state index contributed by atoms with van der Waals surface area (Å²) in [5.74, 6) is -2.22. The standard InChI is InChI=1S/C16H22O8/c1-9-8-16(21)24-11(3)13(18)5-7-15(20)23-10(2)12(17)4-6-14(19)22-9/h4-7,9-13,17-18H,8H2,1-3H3/t9-,10+,11+,12-,13-/m0/s1. The molecule has 0 fully saturated rings. The molecular formula is C16H22O8. The Morgan fingerprint density at radius 1 is 0.833 bits per heavy atom. The molecule has 0 saturated heterocycles. The van der Waals surface area contributed by atoms with Gasteiger partial charge >= 0.3 is 17.9 Å². The highest BCUT2D eigenvalue weighted by atomic mass is 16.6. The molecule has 1 aliphatic rings. The Morgan fingerprint density at radius 3 is 1.83 bits per heavy atom. The minimum Gasteiger partial charge on any atom is -0.459 e. The quantitative estimate of drug-likeness (QED) is 0.467. The molecule has 1 heterocycles. The molecule has 1 rings (SSSR count). The first-order valence-corrected chi connectivity index (χ1v) is 7.52. The molecule has 24 heavy (non-hydrogen) atoms. The maximum Gasteiger partial charge on any atom is 0.330 e. The Labute approximate surface area is 139 Å². The highest BCUT2D eigenvalue weighted by molar-refractivity contribution is 5.83. The number of rotatable bonds is 0. The predicted octanol–water partition coefficient (Wildman–Crippen LogP) is 0.0194. The van der Waals surface area contributed by atoms with Gasteiger partial charge in [0.25, 0.3) is 0 Å². The van der Waals surface area contributed by atoms with Crippen molar-refractivity contribution in [1.82, 2.24) is 0 Å². The molecule has 0 unspecified atom stereocenters. The minimum absolute atomic E-state index is 0.193. The van der Waals surface area contributed by atoms with E-state index >= 15 is 0 Å². The molecule has 0 bridgehead atoms. The van der Waals surface area contributed by atoms with Gasteiger partial charge in [0.05, 0.1) is 6.42 Å². The van der Waals surface area contributed by atoms with Crippen molar-refractivity contribution in [3.05, 3.63) is 24.3 Å². The van der Waals surface area contributed by atoms with E-state index in [1.165, 1.54) is 20.8 Å². The Kier molecular flexibility index (Phi) is 7.60. The molecule has 0 amide bonds. The number of aliphatic hydroxyl groups is 2. The molecule has 0 spiro atoms. The zero-order valence-corrected chi connectivity index (χ0v) is 13.7. The van der Waals surface area contributed by atoms with Gasteiger partial charge in [-0.1, -0.05) is 0 Å². The number of carbonyl (C=O) groups is 3. The first-order chi connectivity index (χ1) is 11.2. The van der Waals surface area contributed by atoms with Gasteiger partial charge in [0.2, 0.25) is 0 Å². The third kappa shape index (κ3) is 6.93. The maximum atomic E-state index is 11.7. The van der Waals surface area contributed by atoms with Crippen LogP contribution in [-0.2, 0) is 28.6 Å². The SMILES string of the molecule is C[C@H]1CC(=O)O[C@H](C)[C@@H](O)C=CC(=O)O[C@H](C)[C@@H](O)C=CC(=O)O1. The highest BCUT2D eigenvalue weighted by Gasteiger charge is 2.21. The number of hydrogen-bond acceptors (Lipinski definition) is 8. The normalized spacial score (nSPS) is 33.5. The van der Waals surface area contributed by atoms with Crippen molar-refractivity contribution in [1.29, 1.82) is 0 Å². The van der Waals surface area contributed by atoms with E-state index in [9.17, 15) is 24.6 Å². The van der Waals surface area contributed by atoms with Gasteiger partial charge < -0.3 is 24.4 Å².